The normalized spacial score (nSPS) is 30.7. The van der Waals surface area contributed by atoms with Gasteiger partial charge in [-0.2, -0.15) is 0 Å². The van der Waals surface area contributed by atoms with Gasteiger partial charge in [0.15, 0.2) is 0 Å². The van der Waals surface area contributed by atoms with Gasteiger partial charge in [0.1, 0.15) is 11.6 Å². The van der Waals surface area contributed by atoms with Crippen molar-refractivity contribution < 1.29 is 18.3 Å². The van der Waals surface area contributed by atoms with Crippen molar-refractivity contribution in [1.82, 2.24) is 0 Å². The van der Waals surface area contributed by atoms with Crippen molar-refractivity contribution in [2.24, 2.45) is 11.7 Å². The van der Waals surface area contributed by atoms with E-state index in [-0.39, 0.29) is 11.6 Å². The molecule has 2 aliphatic heterocycles. The lowest BCUT2D eigenvalue weighted by molar-refractivity contribution is -0.101. The van der Waals surface area contributed by atoms with Crippen LogP contribution in [0, 0.1) is 17.6 Å². The fourth-order valence-corrected chi connectivity index (χ4v) is 3.46. The summed E-state index contributed by atoms with van der Waals surface area (Å²) in [6.45, 7) is 2.04. The molecule has 1 aromatic carbocycles. The fraction of sp³-hybridized carbons (Fsp3) is 0.625. The van der Waals surface area contributed by atoms with E-state index < -0.39 is 11.6 Å². The molecule has 2 aliphatic rings. The number of hydrogen-bond acceptors (Lipinski definition) is 3. The molecule has 3 unspecified atom stereocenters. The summed E-state index contributed by atoms with van der Waals surface area (Å²) in [5.41, 5.74) is 6.72. The third-order valence-corrected chi connectivity index (χ3v) is 4.60. The van der Waals surface area contributed by atoms with Crippen LogP contribution in [0.5, 0.6) is 0 Å². The predicted molar refractivity (Wildman–Crippen MR) is 74.9 cm³/mol. The van der Waals surface area contributed by atoms with Gasteiger partial charge in [-0.15, -0.1) is 0 Å². The third-order valence-electron chi connectivity index (χ3n) is 4.60. The second-order valence-corrected chi connectivity index (χ2v) is 6.23. The van der Waals surface area contributed by atoms with Gasteiger partial charge in [-0.1, -0.05) is 0 Å². The summed E-state index contributed by atoms with van der Waals surface area (Å²) in [6, 6.07) is 3.48. The van der Waals surface area contributed by atoms with Crippen molar-refractivity contribution in [3.8, 4) is 0 Å². The average molecular weight is 297 g/mol. The molecular formula is C16H21F2NO2. The highest BCUT2D eigenvalue weighted by Gasteiger charge is 2.42. The first kappa shape index (κ1) is 14.9. The van der Waals surface area contributed by atoms with Gasteiger partial charge in [0, 0.05) is 31.7 Å². The van der Waals surface area contributed by atoms with Crippen molar-refractivity contribution in [3.63, 3.8) is 0 Å². The molecule has 1 aromatic rings. The zero-order valence-corrected chi connectivity index (χ0v) is 12.0. The molecule has 1 spiro atoms. The van der Waals surface area contributed by atoms with Crippen LogP contribution in [0.3, 0.4) is 0 Å². The fourth-order valence-electron chi connectivity index (χ4n) is 3.46. The summed E-state index contributed by atoms with van der Waals surface area (Å²) in [4.78, 5) is 0. The Kier molecular flexibility index (Phi) is 4.24. The zero-order chi connectivity index (χ0) is 14.9. The first-order chi connectivity index (χ1) is 10.1. The molecule has 3 nitrogen and oxygen atoms in total. The SMILES string of the molecule is NC(Cc1cc(F)cc(F)c1)C1CCOC2(CCOC2)C1. The van der Waals surface area contributed by atoms with E-state index in [9.17, 15) is 8.78 Å². The third kappa shape index (κ3) is 3.42. The molecule has 0 saturated carbocycles. The number of nitrogens with two attached hydrogens (primary N) is 1. The monoisotopic (exact) mass is 297 g/mol. The smallest absolute Gasteiger partial charge is 0.126 e. The Hall–Kier alpha value is -1.04. The van der Waals surface area contributed by atoms with Crippen molar-refractivity contribution in [2.75, 3.05) is 19.8 Å². The predicted octanol–water partition coefficient (Wildman–Crippen LogP) is 2.42. The van der Waals surface area contributed by atoms with Crippen LogP contribution in [0.2, 0.25) is 0 Å². The van der Waals surface area contributed by atoms with Crippen LogP contribution < -0.4 is 5.73 Å². The minimum atomic E-state index is -0.551. The topological polar surface area (TPSA) is 44.5 Å². The second-order valence-electron chi connectivity index (χ2n) is 6.23. The van der Waals surface area contributed by atoms with E-state index in [2.05, 4.69) is 0 Å². The molecule has 0 radical (unpaired) electrons. The number of ether oxygens (including phenoxy) is 2. The summed E-state index contributed by atoms with van der Waals surface area (Å²) in [6.07, 6.45) is 3.15. The molecule has 2 fully saturated rings. The number of rotatable bonds is 3. The Morgan fingerprint density at radius 1 is 1.24 bits per heavy atom. The maximum Gasteiger partial charge on any atom is 0.126 e. The van der Waals surface area contributed by atoms with Crippen LogP contribution >= 0.6 is 0 Å². The number of benzene rings is 1. The summed E-state index contributed by atoms with van der Waals surface area (Å²) in [5, 5.41) is 0. The quantitative estimate of drug-likeness (QED) is 0.932. The van der Waals surface area contributed by atoms with E-state index in [1.807, 2.05) is 0 Å². The molecule has 0 amide bonds. The van der Waals surface area contributed by atoms with Gasteiger partial charge in [0.2, 0.25) is 0 Å². The van der Waals surface area contributed by atoms with Crippen LogP contribution in [0.25, 0.3) is 0 Å². The molecule has 2 saturated heterocycles. The van der Waals surface area contributed by atoms with Crippen LogP contribution in [0.4, 0.5) is 8.78 Å². The van der Waals surface area contributed by atoms with Crippen molar-refractivity contribution in [3.05, 3.63) is 35.4 Å². The molecule has 2 heterocycles. The van der Waals surface area contributed by atoms with Gasteiger partial charge >= 0.3 is 0 Å². The minimum Gasteiger partial charge on any atom is -0.378 e. The Morgan fingerprint density at radius 3 is 2.67 bits per heavy atom. The van der Waals surface area contributed by atoms with Gasteiger partial charge < -0.3 is 15.2 Å². The Balaban J connectivity index is 1.65. The Morgan fingerprint density at radius 2 is 2.00 bits per heavy atom. The summed E-state index contributed by atoms with van der Waals surface area (Å²) < 4.78 is 37.8. The lowest BCUT2D eigenvalue weighted by Crippen LogP contribution is -2.46. The molecule has 21 heavy (non-hydrogen) atoms. The molecule has 0 aromatic heterocycles. The molecular weight excluding hydrogens is 276 g/mol. The van der Waals surface area contributed by atoms with E-state index in [1.165, 1.54) is 12.1 Å². The van der Waals surface area contributed by atoms with Gasteiger partial charge in [0.25, 0.3) is 0 Å². The molecule has 0 aliphatic carbocycles. The van der Waals surface area contributed by atoms with E-state index in [0.717, 1.165) is 31.9 Å². The Bertz CT molecular complexity index is 483. The van der Waals surface area contributed by atoms with E-state index >= 15 is 0 Å². The maximum atomic E-state index is 13.2. The molecule has 3 rings (SSSR count). The lowest BCUT2D eigenvalue weighted by atomic mass is 9.79. The van der Waals surface area contributed by atoms with E-state index in [4.69, 9.17) is 15.2 Å². The van der Waals surface area contributed by atoms with Crippen molar-refractivity contribution in [2.45, 2.75) is 37.3 Å². The largest absolute Gasteiger partial charge is 0.378 e. The lowest BCUT2D eigenvalue weighted by Gasteiger charge is -2.39. The first-order valence-corrected chi connectivity index (χ1v) is 7.49. The first-order valence-electron chi connectivity index (χ1n) is 7.49. The van der Waals surface area contributed by atoms with E-state index in [0.29, 0.717) is 31.1 Å². The maximum absolute atomic E-state index is 13.2. The van der Waals surface area contributed by atoms with Gasteiger partial charge in [-0.05, 0) is 42.9 Å². The second kappa shape index (κ2) is 5.99. The number of hydrogen-bond donors (Lipinski definition) is 1. The Labute approximate surface area is 123 Å². The highest BCUT2D eigenvalue weighted by molar-refractivity contribution is 5.19. The van der Waals surface area contributed by atoms with Crippen molar-refractivity contribution >= 4 is 0 Å². The highest BCUT2D eigenvalue weighted by atomic mass is 19.1. The zero-order valence-electron chi connectivity index (χ0n) is 12.0. The van der Waals surface area contributed by atoms with Crippen LogP contribution in [0.1, 0.15) is 24.8 Å². The average Bonchev–Trinajstić information content (AvgIpc) is 2.85. The van der Waals surface area contributed by atoms with Crippen LogP contribution in [-0.4, -0.2) is 31.5 Å². The molecule has 116 valence electrons. The highest BCUT2D eigenvalue weighted by Crippen LogP contribution is 2.37. The summed E-state index contributed by atoms with van der Waals surface area (Å²) >= 11 is 0. The van der Waals surface area contributed by atoms with Crippen LogP contribution in [0.15, 0.2) is 18.2 Å². The molecule has 5 heteroatoms. The van der Waals surface area contributed by atoms with Gasteiger partial charge in [0.05, 0.1) is 12.2 Å². The summed E-state index contributed by atoms with van der Waals surface area (Å²) in [7, 11) is 0. The minimum absolute atomic E-state index is 0.118. The molecule has 3 atom stereocenters. The molecule has 2 N–H and O–H groups in total. The van der Waals surface area contributed by atoms with Gasteiger partial charge in [-0.3, -0.25) is 0 Å². The van der Waals surface area contributed by atoms with Crippen LogP contribution in [-0.2, 0) is 15.9 Å². The standard InChI is InChI=1S/C16H21F2NO2/c17-13-5-11(6-14(18)8-13)7-15(19)12-1-3-21-16(9-12)2-4-20-10-16/h5-6,8,12,15H,1-4,7,9-10,19H2. The number of halogens is 2. The molecule has 0 bridgehead atoms. The van der Waals surface area contributed by atoms with E-state index in [1.54, 1.807) is 0 Å². The summed E-state index contributed by atoms with van der Waals surface area (Å²) in [5.74, 6) is -0.804. The van der Waals surface area contributed by atoms with Gasteiger partial charge in [-0.25, -0.2) is 8.78 Å². The van der Waals surface area contributed by atoms with Crippen molar-refractivity contribution in [1.29, 1.82) is 0 Å².